The van der Waals surface area contributed by atoms with E-state index in [4.69, 9.17) is 10.1 Å². The van der Waals surface area contributed by atoms with Crippen molar-refractivity contribution in [3.8, 4) is 0 Å². The van der Waals surface area contributed by atoms with Gasteiger partial charge in [-0.05, 0) is 24.5 Å². The molecule has 3 N–H and O–H groups in total. The zero-order valence-electron chi connectivity index (χ0n) is 19.0. The average molecular weight is 436 g/mol. The van der Waals surface area contributed by atoms with Crippen LogP contribution in [0.15, 0.2) is 24.3 Å². The molecule has 0 saturated carbocycles. The monoisotopic (exact) mass is 435 g/mol. The summed E-state index contributed by atoms with van der Waals surface area (Å²) in [4.78, 5) is 24.8. The Morgan fingerprint density at radius 2 is 1.83 bits per heavy atom. The van der Waals surface area contributed by atoms with E-state index in [0.29, 0.717) is 30.3 Å². The third-order valence-corrected chi connectivity index (χ3v) is 6.76. The standard InChI is InChI=1S/C23H37N3O3S/c1-6-8-9-14-23(17(3)4,22(28)25-15-16-29-5)30-21(24)18-10-12-19(13-11-18)26-20(27)7-2/h10-13,17,24H,6-9,14-16H2,1-5H3,(H,25,28)(H,26,27). The molecule has 1 aromatic carbocycles. The summed E-state index contributed by atoms with van der Waals surface area (Å²) in [6.45, 7) is 8.96. The van der Waals surface area contributed by atoms with Gasteiger partial charge in [0.05, 0.1) is 11.7 Å². The van der Waals surface area contributed by atoms with E-state index in [9.17, 15) is 9.59 Å². The van der Waals surface area contributed by atoms with E-state index in [1.807, 2.05) is 26.0 Å². The average Bonchev–Trinajstić information content (AvgIpc) is 2.73. The van der Waals surface area contributed by atoms with E-state index >= 15 is 0 Å². The van der Waals surface area contributed by atoms with Gasteiger partial charge in [-0.25, -0.2) is 0 Å². The molecule has 0 bridgehead atoms. The van der Waals surface area contributed by atoms with Crippen LogP contribution in [0.1, 0.15) is 65.4 Å². The third kappa shape index (κ3) is 7.76. The molecule has 1 rings (SSSR count). The Kier molecular flexibility index (Phi) is 11.7. The van der Waals surface area contributed by atoms with Gasteiger partial charge < -0.3 is 15.4 Å². The van der Waals surface area contributed by atoms with Gasteiger partial charge in [-0.15, -0.1) is 0 Å². The van der Waals surface area contributed by atoms with E-state index in [1.165, 1.54) is 11.8 Å². The van der Waals surface area contributed by atoms with Crippen LogP contribution in [-0.2, 0) is 14.3 Å². The van der Waals surface area contributed by atoms with Crippen LogP contribution in [0.2, 0.25) is 0 Å². The molecule has 0 heterocycles. The molecule has 0 aliphatic heterocycles. The number of hydrogen-bond acceptors (Lipinski definition) is 5. The molecule has 168 valence electrons. The summed E-state index contributed by atoms with van der Waals surface area (Å²) in [7, 11) is 1.61. The lowest BCUT2D eigenvalue weighted by atomic mass is 9.88. The third-order valence-electron chi connectivity index (χ3n) is 5.10. The molecule has 7 heteroatoms. The summed E-state index contributed by atoms with van der Waals surface area (Å²) in [6, 6.07) is 7.23. The Hall–Kier alpha value is -1.86. The van der Waals surface area contributed by atoms with Crippen molar-refractivity contribution >= 4 is 34.3 Å². The predicted molar refractivity (Wildman–Crippen MR) is 126 cm³/mol. The van der Waals surface area contributed by atoms with E-state index in [1.54, 1.807) is 26.2 Å². The maximum atomic E-state index is 13.2. The van der Waals surface area contributed by atoms with Gasteiger partial charge in [0.25, 0.3) is 0 Å². The number of ether oxygens (including phenoxy) is 1. The van der Waals surface area contributed by atoms with Crippen molar-refractivity contribution in [2.45, 2.75) is 64.5 Å². The summed E-state index contributed by atoms with van der Waals surface area (Å²) in [5.74, 6) is -0.0210. The van der Waals surface area contributed by atoms with Crippen LogP contribution >= 0.6 is 11.8 Å². The number of carbonyl (C=O) groups is 2. The van der Waals surface area contributed by atoms with Crippen molar-refractivity contribution < 1.29 is 14.3 Å². The van der Waals surface area contributed by atoms with Crippen LogP contribution in [-0.4, -0.2) is 41.9 Å². The molecule has 1 aromatic rings. The van der Waals surface area contributed by atoms with Gasteiger partial charge in [0.15, 0.2) is 0 Å². The molecule has 0 fully saturated rings. The molecule has 1 atom stereocenters. The first-order chi connectivity index (χ1) is 14.3. The number of unbranched alkanes of at least 4 members (excludes halogenated alkanes) is 2. The van der Waals surface area contributed by atoms with Crippen molar-refractivity contribution in [1.82, 2.24) is 5.32 Å². The zero-order chi connectivity index (χ0) is 22.6. The zero-order valence-corrected chi connectivity index (χ0v) is 19.8. The highest BCUT2D eigenvalue weighted by atomic mass is 32.2. The van der Waals surface area contributed by atoms with Crippen LogP contribution in [0, 0.1) is 11.3 Å². The number of amides is 2. The highest BCUT2D eigenvalue weighted by Crippen LogP contribution is 2.40. The van der Waals surface area contributed by atoms with Crippen molar-refractivity contribution in [2.75, 3.05) is 25.6 Å². The molecule has 1 unspecified atom stereocenters. The molecular formula is C23H37N3O3S. The largest absolute Gasteiger partial charge is 0.383 e. The van der Waals surface area contributed by atoms with Crippen molar-refractivity contribution in [3.63, 3.8) is 0 Å². The minimum atomic E-state index is -0.713. The Morgan fingerprint density at radius 3 is 2.37 bits per heavy atom. The predicted octanol–water partition coefficient (Wildman–Crippen LogP) is 4.83. The van der Waals surface area contributed by atoms with E-state index < -0.39 is 4.75 Å². The summed E-state index contributed by atoms with van der Waals surface area (Å²) in [6.07, 6.45) is 4.20. The normalized spacial score (nSPS) is 13.0. The molecule has 30 heavy (non-hydrogen) atoms. The smallest absolute Gasteiger partial charge is 0.237 e. The number of carbonyl (C=O) groups excluding carboxylic acids is 2. The number of hydrogen-bond donors (Lipinski definition) is 3. The van der Waals surface area contributed by atoms with Gasteiger partial charge in [0, 0.05) is 31.3 Å². The molecule has 0 radical (unpaired) electrons. The Morgan fingerprint density at radius 1 is 1.17 bits per heavy atom. The lowest BCUT2D eigenvalue weighted by Gasteiger charge is -2.36. The fourth-order valence-electron chi connectivity index (χ4n) is 3.13. The minimum Gasteiger partial charge on any atom is -0.383 e. The maximum Gasteiger partial charge on any atom is 0.237 e. The highest BCUT2D eigenvalue weighted by molar-refractivity contribution is 8.16. The number of thioether (sulfide) groups is 1. The Labute approximate surface area is 185 Å². The first-order valence-electron chi connectivity index (χ1n) is 10.8. The van der Waals surface area contributed by atoms with E-state index in [0.717, 1.165) is 31.2 Å². The number of nitrogens with one attached hydrogen (secondary N) is 3. The SMILES string of the molecule is CCCCCC(SC(=N)c1ccc(NC(=O)CC)cc1)(C(=O)NCCOC)C(C)C. The van der Waals surface area contributed by atoms with Gasteiger partial charge in [0.1, 0.15) is 4.75 Å². The van der Waals surface area contributed by atoms with Crippen LogP contribution in [0.4, 0.5) is 5.69 Å². The molecule has 6 nitrogen and oxygen atoms in total. The molecular weight excluding hydrogens is 398 g/mol. The van der Waals surface area contributed by atoms with Gasteiger partial charge in [-0.1, -0.05) is 70.9 Å². The fourth-order valence-corrected chi connectivity index (χ4v) is 4.39. The van der Waals surface area contributed by atoms with Crippen molar-refractivity contribution in [2.24, 2.45) is 5.92 Å². The summed E-state index contributed by atoms with van der Waals surface area (Å²) in [5.41, 5.74) is 1.44. The van der Waals surface area contributed by atoms with Crippen molar-refractivity contribution in [1.29, 1.82) is 5.41 Å². The van der Waals surface area contributed by atoms with Gasteiger partial charge >= 0.3 is 0 Å². The molecule has 0 aromatic heterocycles. The first kappa shape index (κ1) is 26.2. The topological polar surface area (TPSA) is 91.3 Å². The van der Waals surface area contributed by atoms with Crippen LogP contribution in [0.25, 0.3) is 0 Å². The molecule has 0 saturated heterocycles. The Bertz CT molecular complexity index is 691. The minimum absolute atomic E-state index is 0.0350. The number of methoxy groups -OCH3 is 1. The quantitative estimate of drug-likeness (QED) is 0.235. The summed E-state index contributed by atoms with van der Waals surface area (Å²) >= 11 is 1.34. The summed E-state index contributed by atoms with van der Waals surface area (Å²) < 4.78 is 4.35. The van der Waals surface area contributed by atoms with Crippen LogP contribution in [0.3, 0.4) is 0 Å². The first-order valence-corrected chi connectivity index (χ1v) is 11.6. The molecule has 2 amide bonds. The number of anilines is 1. The van der Waals surface area contributed by atoms with Gasteiger partial charge in [-0.3, -0.25) is 15.0 Å². The maximum absolute atomic E-state index is 13.2. The summed E-state index contributed by atoms with van der Waals surface area (Å²) in [5, 5.41) is 14.9. The second-order valence-electron chi connectivity index (χ2n) is 7.66. The Balaban J connectivity index is 3.03. The van der Waals surface area contributed by atoms with Gasteiger partial charge in [0.2, 0.25) is 11.8 Å². The second kappa shape index (κ2) is 13.4. The van der Waals surface area contributed by atoms with E-state index in [-0.39, 0.29) is 17.7 Å². The van der Waals surface area contributed by atoms with E-state index in [2.05, 4.69) is 17.6 Å². The number of benzene rings is 1. The van der Waals surface area contributed by atoms with Crippen molar-refractivity contribution in [3.05, 3.63) is 29.8 Å². The number of rotatable bonds is 13. The lowest BCUT2D eigenvalue weighted by molar-refractivity contribution is -0.125. The van der Waals surface area contributed by atoms with Crippen LogP contribution < -0.4 is 10.6 Å². The molecule has 0 aliphatic rings. The highest BCUT2D eigenvalue weighted by Gasteiger charge is 2.42. The molecule has 0 spiro atoms. The van der Waals surface area contributed by atoms with Gasteiger partial charge in [-0.2, -0.15) is 0 Å². The molecule has 0 aliphatic carbocycles. The second-order valence-corrected chi connectivity index (χ2v) is 9.00. The lowest BCUT2D eigenvalue weighted by Crippen LogP contribution is -2.49. The van der Waals surface area contributed by atoms with Crippen LogP contribution in [0.5, 0.6) is 0 Å². The fraction of sp³-hybridized carbons (Fsp3) is 0.609.